The summed E-state index contributed by atoms with van der Waals surface area (Å²) in [6, 6.07) is 15.5. The van der Waals surface area contributed by atoms with Crippen molar-refractivity contribution in [2.24, 2.45) is 17.8 Å². The molecular weight excluding hydrogens is 420 g/mol. The van der Waals surface area contributed by atoms with E-state index in [1.807, 2.05) is 37.3 Å². The van der Waals surface area contributed by atoms with Gasteiger partial charge in [-0.1, -0.05) is 43.3 Å². The first-order valence-corrected chi connectivity index (χ1v) is 11.3. The van der Waals surface area contributed by atoms with Crippen molar-refractivity contribution in [2.75, 3.05) is 11.5 Å². The predicted octanol–water partition coefficient (Wildman–Crippen LogP) is 3.65. The Morgan fingerprint density at radius 1 is 1.03 bits per heavy atom. The van der Waals surface area contributed by atoms with E-state index in [1.165, 1.54) is 17.0 Å². The number of nitrogens with zero attached hydrogens (tertiary/aromatic N) is 1. The Kier molecular flexibility index (Phi) is 6.58. The minimum atomic E-state index is -0.690. The molecule has 0 radical (unpaired) electrons. The molecule has 33 heavy (non-hydrogen) atoms. The Morgan fingerprint density at radius 2 is 1.76 bits per heavy atom. The molecule has 1 aliphatic carbocycles. The fourth-order valence-electron chi connectivity index (χ4n) is 4.74. The number of imide groups is 1. The second kappa shape index (κ2) is 9.57. The van der Waals surface area contributed by atoms with Crippen molar-refractivity contribution in [2.45, 2.75) is 39.2 Å². The van der Waals surface area contributed by atoms with Crippen molar-refractivity contribution in [1.82, 2.24) is 5.32 Å². The number of hydrogen-bond acceptors (Lipinski definition) is 5. The van der Waals surface area contributed by atoms with Gasteiger partial charge in [-0.2, -0.15) is 0 Å². The van der Waals surface area contributed by atoms with Crippen LogP contribution >= 0.6 is 0 Å². The molecule has 1 aliphatic heterocycles. The highest BCUT2D eigenvalue weighted by Crippen LogP contribution is 2.42. The first-order valence-electron chi connectivity index (χ1n) is 11.3. The van der Waals surface area contributed by atoms with Crippen molar-refractivity contribution >= 4 is 29.4 Å². The lowest BCUT2D eigenvalue weighted by molar-refractivity contribution is -0.125. The summed E-state index contributed by atoms with van der Waals surface area (Å²) in [6.45, 7) is 3.52. The predicted molar refractivity (Wildman–Crippen MR) is 122 cm³/mol. The lowest BCUT2D eigenvalue weighted by Crippen LogP contribution is -2.31. The van der Waals surface area contributed by atoms with Crippen LogP contribution < -0.4 is 10.2 Å². The number of anilines is 1. The molecule has 7 heteroatoms. The van der Waals surface area contributed by atoms with Crippen molar-refractivity contribution in [3.8, 4) is 0 Å². The highest BCUT2D eigenvalue weighted by molar-refractivity contribution is 6.22. The average molecular weight is 449 g/mol. The highest BCUT2D eigenvalue weighted by atomic mass is 16.5. The first kappa shape index (κ1) is 22.7. The molecule has 2 fully saturated rings. The van der Waals surface area contributed by atoms with Gasteiger partial charge in [0.2, 0.25) is 11.8 Å². The normalized spacial score (nSPS) is 23.1. The summed E-state index contributed by atoms with van der Waals surface area (Å²) in [6.07, 6.45) is 2.36. The van der Waals surface area contributed by atoms with Gasteiger partial charge >= 0.3 is 5.97 Å². The van der Waals surface area contributed by atoms with E-state index in [9.17, 15) is 19.2 Å². The number of benzene rings is 2. The zero-order valence-electron chi connectivity index (χ0n) is 18.8. The number of amides is 3. The van der Waals surface area contributed by atoms with Crippen LogP contribution in [0.15, 0.2) is 54.6 Å². The molecule has 0 unspecified atom stereocenters. The Hall–Kier alpha value is -3.48. The van der Waals surface area contributed by atoms with E-state index in [0.717, 1.165) is 12.0 Å². The molecule has 3 amide bonds. The lowest BCUT2D eigenvalue weighted by atomic mass is 9.76. The van der Waals surface area contributed by atoms with Crippen LogP contribution in [0.5, 0.6) is 0 Å². The van der Waals surface area contributed by atoms with Crippen molar-refractivity contribution in [1.29, 1.82) is 0 Å². The maximum atomic E-state index is 12.9. The standard InChI is InChI=1S/C26H28N2O5/c1-16-11-12-21-22(13-16)25(31)28(24(21)30)20-10-6-9-19(14-20)26(32)33-15-23(29)27-17(2)18-7-4-3-5-8-18/h3-10,14,16-17,21-22H,11-13,15H2,1-2H3,(H,27,29)/t16-,17-,21+,22+/m1/s1. The van der Waals surface area contributed by atoms with Gasteiger partial charge in [0.05, 0.1) is 29.1 Å². The fourth-order valence-corrected chi connectivity index (χ4v) is 4.74. The molecule has 1 N–H and O–H groups in total. The molecule has 2 aliphatic rings. The molecule has 172 valence electrons. The molecular formula is C26H28N2O5. The molecule has 4 atom stereocenters. The number of carbonyl (C=O) groups excluding carboxylic acids is 4. The van der Waals surface area contributed by atoms with Crippen LogP contribution in [0.25, 0.3) is 0 Å². The third kappa shape index (κ3) is 4.82. The molecule has 0 spiro atoms. The molecule has 0 aromatic heterocycles. The number of nitrogens with one attached hydrogen (secondary N) is 1. The lowest BCUT2D eigenvalue weighted by Gasteiger charge is -2.25. The maximum Gasteiger partial charge on any atom is 0.338 e. The average Bonchev–Trinajstić information content (AvgIpc) is 3.07. The SMILES string of the molecule is C[C@@H]1CC[C@@H]2C(=O)N(c3cccc(C(=O)OCC(=O)N[C@H](C)c4ccccc4)c3)C(=O)[C@H]2C1. The Morgan fingerprint density at radius 3 is 2.52 bits per heavy atom. The van der Waals surface area contributed by atoms with Crippen LogP contribution in [0.3, 0.4) is 0 Å². The molecule has 1 heterocycles. The molecule has 1 saturated carbocycles. The third-order valence-electron chi connectivity index (χ3n) is 6.54. The zero-order valence-corrected chi connectivity index (χ0v) is 18.8. The van der Waals surface area contributed by atoms with E-state index in [2.05, 4.69) is 12.2 Å². The summed E-state index contributed by atoms with van der Waals surface area (Å²) >= 11 is 0. The van der Waals surface area contributed by atoms with E-state index in [1.54, 1.807) is 12.1 Å². The van der Waals surface area contributed by atoms with Crippen LogP contribution in [0.4, 0.5) is 5.69 Å². The Labute approximate surface area is 193 Å². The van der Waals surface area contributed by atoms with Crippen LogP contribution in [0.1, 0.15) is 55.1 Å². The molecule has 2 aromatic carbocycles. The van der Waals surface area contributed by atoms with Crippen LogP contribution in [-0.2, 0) is 19.1 Å². The van der Waals surface area contributed by atoms with Crippen LogP contribution in [0.2, 0.25) is 0 Å². The van der Waals surface area contributed by atoms with E-state index >= 15 is 0 Å². The topological polar surface area (TPSA) is 92.8 Å². The van der Waals surface area contributed by atoms with Gasteiger partial charge < -0.3 is 10.1 Å². The second-order valence-electron chi connectivity index (χ2n) is 8.97. The summed E-state index contributed by atoms with van der Waals surface area (Å²) in [5, 5.41) is 2.79. The van der Waals surface area contributed by atoms with Crippen LogP contribution in [-0.4, -0.2) is 30.3 Å². The van der Waals surface area contributed by atoms with Crippen molar-refractivity contribution in [3.05, 3.63) is 65.7 Å². The minimum absolute atomic E-state index is 0.181. The fraction of sp³-hybridized carbons (Fsp3) is 0.385. The summed E-state index contributed by atoms with van der Waals surface area (Å²) < 4.78 is 5.17. The monoisotopic (exact) mass is 448 g/mol. The van der Waals surface area contributed by atoms with Gasteiger partial charge in [0.1, 0.15) is 0 Å². The number of ether oxygens (including phenoxy) is 1. The number of fused-ring (bicyclic) bond motifs is 1. The maximum absolute atomic E-state index is 12.9. The largest absolute Gasteiger partial charge is 0.452 e. The van der Waals surface area contributed by atoms with Gasteiger partial charge in [0, 0.05) is 0 Å². The smallest absolute Gasteiger partial charge is 0.338 e. The number of esters is 1. The number of rotatable bonds is 6. The first-order chi connectivity index (χ1) is 15.8. The minimum Gasteiger partial charge on any atom is -0.452 e. The zero-order chi connectivity index (χ0) is 23.5. The quantitative estimate of drug-likeness (QED) is 0.538. The van der Waals surface area contributed by atoms with Gasteiger partial charge in [-0.3, -0.25) is 19.3 Å². The summed E-state index contributed by atoms with van der Waals surface area (Å²) in [7, 11) is 0. The van der Waals surface area contributed by atoms with Crippen molar-refractivity contribution < 1.29 is 23.9 Å². The van der Waals surface area contributed by atoms with Gasteiger partial charge in [0.25, 0.3) is 5.91 Å². The highest BCUT2D eigenvalue weighted by Gasteiger charge is 2.50. The van der Waals surface area contributed by atoms with Gasteiger partial charge in [0.15, 0.2) is 6.61 Å². The second-order valence-corrected chi connectivity index (χ2v) is 8.97. The van der Waals surface area contributed by atoms with E-state index < -0.39 is 18.5 Å². The Bertz CT molecular complexity index is 1070. The molecule has 1 saturated heterocycles. The van der Waals surface area contributed by atoms with Gasteiger partial charge in [-0.05, 0) is 55.9 Å². The molecule has 2 aromatic rings. The van der Waals surface area contributed by atoms with Crippen LogP contribution in [0, 0.1) is 17.8 Å². The van der Waals surface area contributed by atoms with E-state index in [0.29, 0.717) is 24.4 Å². The number of carbonyl (C=O) groups is 4. The number of hydrogen-bond donors (Lipinski definition) is 1. The van der Waals surface area contributed by atoms with Gasteiger partial charge in [-0.15, -0.1) is 0 Å². The molecule has 4 rings (SSSR count). The summed E-state index contributed by atoms with van der Waals surface area (Å²) in [5.74, 6) is -1.65. The van der Waals surface area contributed by atoms with Gasteiger partial charge in [-0.25, -0.2) is 4.79 Å². The molecule has 0 bridgehead atoms. The molecule has 7 nitrogen and oxygen atoms in total. The Balaban J connectivity index is 1.38. The van der Waals surface area contributed by atoms with E-state index in [4.69, 9.17) is 4.74 Å². The third-order valence-corrected chi connectivity index (χ3v) is 6.54. The van der Waals surface area contributed by atoms with Crippen molar-refractivity contribution in [3.63, 3.8) is 0 Å². The summed E-state index contributed by atoms with van der Waals surface area (Å²) in [5.41, 5.74) is 1.49. The summed E-state index contributed by atoms with van der Waals surface area (Å²) in [4.78, 5) is 51.8. The van der Waals surface area contributed by atoms with E-state index in [-0.39, 0.29) is 35.3 Å².